The van der Waals surface area contributed by atoms with Crippen molar-refractivity contribution in [2.75, 3.05) is 57.3 Å². The summed E-state index contributed by atoms with van der Waals surface area (Å²) in [5.41, 5.74) is 0.883. The van der Waals surface area contributed by atoms with Crippen LogP contribution in [0.1, 0.15) is 11.1 Å². The fourth-order valence-electron chi connectivity index (χ4n) is 5.10. The van der Waals surface area contributed by atoms with Gasteiger partial charge in [0.2, 0.25) is 0 Å². The molecule has 1 N–H and O–H groups in total. The number of ether oxygens (including phenoxy) is 1. The van der Waals surface area contributed by atoms with Crippen molar-refractivity contribution in [3.8, 4) is 0 Å². The molecule has 3 fully saturated rings. The number of benzene rings is 2. The van der Waals surface area contributed by atoms with Gasteiger partial charge >= 0.3 is 12.1 Å². The van der Waals surface area contributed by atoms with Gasteiger partial charge in [0, 0.05) is 68.4 Å². The van der Waals surface area contributed by atoms with Gasteiger partial charge in [0.1, 0.15) is 6.04 Å². The van der Waals surface area contributed by atoms with Crippen LogP contribution in [0.2, 0.25) is 0 Å². The van der Waals surface area contributed by atoms with Crippen LogP contribution in [0.4, 0.5) is 9.59 Å². The summed E-state index contributed by atoms with van der Waals surface area (Å²) in [6.45, 7) is 5.04. The number of hydrogen-bond donors (Lipinski definition) is 1. The molecule has 3 heterocycles. The maximum atomic E-state index is 13.0. The number of thioether (sulfide) groups is 1. The summed E-state index contributed by atoms with van der Waals surface area (Å²) < 4.78 is 6.18. The lowest BCUT2D eigenvalue weighted by atomic mass is 9.79. The monoisotopic (exact) mass is 466 g/mol. The first-order valence-corrected chi connectivity index (χ1v) is 12.8. The molecule has 5 rings (SSSR count). The van der Waals surface area contributed by atoms with Gasteiger partial charge in [-0.25, -0.2) is 9.59 Å². The molecule has 8 heteroatoms. The number of piperazine rings is 1. The molecule has 1 unspecified atom stereocenters. The molecule has 0 saturated carbocycles. The van der Waals surface area contributed by atoms with Gasteiger partial charge in [-0.1, -0.05) is 60.7 Å². The van der Waals surface area contributed by atoms with Crippen molar-refractivity contribution >= 4 is 23.9 Å². The first-order chi connectivity index (χ1) is 16.2. The Balaban J connectivity index is 1.35. The molecular formula is C25H30N4O3S. The number of cyclic esters (lactones) is 1. The summed E-state index contributed by atoms with van der Waals surface area (Å²) in [5.74, 6) is 2.32. The van der Waals surface area contributed by atoms with Crippen molar-refractivity contribution in [3.05, 3.63) is 71.8 Å². The van der Waals surface area contributed by atoms with E-state index in [9.17, 15) is 9.59 Å². The Morgan fingerprint density at radius 2 is 1.61 bits per heavy atom. The van der Waals surface area contributed by atoms with Crippen molar-refractivity contribution < 1.29 is 14.3 Å². The number of hydrogen-bond acceptors (Lipinski definition) is 5. The van der Waals surface area contributed by atoms with E-state index in [0.717, 1.165) is 42.3 Å². The first kappa shape index (κ1) is 22.1. The lowest BCUT2D eigenvalue weighted by Gasteiger charge is -2.42. The Morgan fingerprint density at radius 1 is 0.970 bits per heavy atom. The third-order valence-electron chi connectivity index (χ3n) is 6.83. The number of nitrogens with one attached hydrogen (secondary N) is 1. The van der Waals surface area contributed by atoms with Crippen LogP contribution in [-0.2, 0) is 10.3 Å². The van der Waals surface area contributed by atoms with Gasteiger partial charge in [0.15, 0.2) is 5.60 Å². The normalized spacial score (nSPS) is 22.5. The minimum atomic E-state index is -0.954. The second kappa shape index (κ2) is 9.65. The second-order valence-corrected chi connectivity index (χ2v) is 9.90. The van der Waals surface area contributed by atoms with Crippen LogP contribution in [0.3, 0.4) is 0 Å². The van der Waals surface area contributed by atoms with E-state index >= 15 is 0 Å². The highest BCUT2D eigenvalue weighted by Gasteiger charge is 2.58. The second-order valence-electron chi connectivity index (χ2n) is 8.68. The molecule has 33 heavy (non-hydrogen) atoms. The fraction of sp³-hybridized carbons (Fsp3) is 0.440. The molecule has 7 nitrogen and oxygen atoms in total. The van der Waals surface area contributed by atoms with Crippen LogP contribution in [0.5, 0.6) is 0 Å². The van der Waals surface area contributed by atoms with Crippen LogP contribution in [0.25, 0.3) is 0 Å². The van der Waals surface area contributed by atoms with E-state index in [-0.39, 0.29) is 18.2 Å². The van der Waals surface area contributed by atoms with Gasteiger partial charge in [0.05, 0.1) is 0 Å². The number of carbonyl (C=O) groups excluding carboxylic acids is 2. The van der Waals surface area contributed by atoms with Gasteiger partial charge in [-0.15, -0.1) is 0 Å². The summed E-state index contributed by atoms with van der Waals surface area (Å²) in [5, 5.41) is 3.09. The number of fused-ring (bicyclic) bond motifs is 1. The predicted molar refractivity (Wildman–Crippen MR) is 129 cm³/mol. The molecule has 0 bridgehead atoms. The van der Waals surface area contributed by atoms with E-state index in [4.69, 9.17) is 4.74 Å². The fourth-order valence-corrected chi connectivity index (χ4v) is 6.08. The largest absolute Gasteiger partial charge is 0.431 e. The molecule has 174 valence electrons. The summed E-state index contributed by atoms with van der Waals surface area (Å²) in [4.78, 5) is 32.0. The zero-order valence-electron chi connectivity index (χ0n) is 18.7. The smallest absolute Gasteiger partial charge is 0.411 e. The van der Waals surface area contributed by atoms with Gasteiger partial charge in [0.25, 0.3) is 0 Å². The maximum Gasteiger partial charge on any atom is 0.411 e. The highest BCUT2D eigenvalue weighted by Crippen LogP contribution is 2.45. The Hall–Kier alpha value is -2.71. The van der Waals surface area contributed by atoms with Gasteiger partial charge < -0.3 is 15.0 Å². The van der Waals surface area contributed by atoms with E-state index in [2.05, 4.69) is 10.2 Å². The molecule has 2 aromatic carbocycles. The number of nitrogens with zero attached hydrogens (tertiary/aromatic N) is 3. The average Bonchev–Trinajstić information content (AvgIpc) is 3.18. The van der Waals surface area contributed by atoms with Gasteiger partial charge in [-0.3, -0.25) is 9.80 Å². The lowest BCUT2D eigenvalue weighted by Crippen LogP contribution is -2.60. The Bertz CT molecular complexity index is 929. The predicted octanol–water partition coefficient (Wildman–Crippen LogP) is 2.83. The van der Waals surface area contributed by atoms with Crippen LogP contribution < -0.4 is 5.32 Å². The molecule has 1 atom stereocenters. The van der Waals surface area contributed by atoms with Crippen molar-refractivity contribution in [2.24, 2.45) is 0 Å². The van der Waals surface area contributed by atoms with Crippen molar-refractivity contribution in [2.45, 2.75) is 11.6 Å². The highest BCUT2D eigenvalue weighted by molar-refractivity contribution is 7.99. The molecule has 3 aliphatic heterocycles. The van der Waals surface area contributed by atoms with Gasteiger partial charge in [-0.2, -0.15) is 11.8 Å². The molecule has 0 radical (unpaired) electrons. The van der Waals surface area contributed by atoms with E-state index in [1.807, 2.05) is 77.3 Å². The summed E-state index contributed by atoms with van der Waals surface area (Å²) in [7, 11) is 0. The Kier molecular flexibility index (Phi) is 6.46. The number of amides is 3. The maximum absolute atomic E-state index is 13.0. The van der Waals surface area contributed by atoms with E-state index in [1.54, 1.807) is 4.90 Å². The van der Waals surface area contributed by atoms with Crippen molar-refractivity contribution in [1.82, 2.24) is 20.0 Å². The van der Waals surface area contributed by atoms with Crippen molar-refractivity contribution in [1.29, 1.82) is 0 Å². The van der Waals surface area contributed by atoms with E-state index in [0.29, 0.717) is 26.2 Å². The molecule has 3 amide bonds. The quantitative estimate of drug-likeness (QED) is 0.734. The zero-order chi connectivity index (χ0) is 22.7. The molecule has 3 aliphatic rings. The number of rotatable bonds is 5. The molecular weight excluding hydrogens is 436 g/mol. The van der Waals surface area contributed by atoms with Gasteiger partial charge in [-0.05, 0) is 0 Å². The van der Waals surface area contributed by atoms with Crippen LogP contribution >= 0.6 is 11.8 Å². The summed E-state index contributed by atoms with van der Waals surface area (Å²) in [6.07, 6.45) is -0.323. The standard InChI is InChI=1S/C25H30N4O3S/c30-23(26-11-12-27-15-17-33-18-16-27)28-13-14-29-22(19-28)25(32-24(29)31,20-7-3-1-4-8-20)21-9-5-2-6-10-21/h1-10,22H,11-19H2,(H,26,30). The topological polar surface area (TPSA) is 65.1 Å². The minimum absolute atomic E-state index is 0.0737. The third-order valence-corrected chi connectivity index (χ3v) is 7.78. The molecule has 3 saturated heterocycles. The molecule has 0 aromatic heterocycles. The Morgan fingerprint density at radius 3 is 2.24 bits per heavy atom. The molecule has 0 aliphatic carbocycles. The average molecular weight is 467 g/mol. The zero-order valence-corrected chi connectivity index (χ0v) is 19.5. The third kappa shape index (κ3) is 4.29. The van der Waals surface area contributed by atoms with Crippen LogP contribution in [0, 0.1) is 0 Å². The van der Waals surface area contributed by atoms with Crippen LogP contribution in [-0.4, -0.2) is 90.2 Å². The molecule has 0 spiro atoms. The molecule has 2 aromatic rings. The first-order valence-electron chi connectivity index (χ1n) is 11.6. The number of carbonyl (C=O) groups is 2. The van der Waals surface area contributed by atoms with E-state index in [1.165, 1.54) is 0 Å². The Labute approximate surface area is 199 Å². The highest BCUT2D eigenvalue weighted by atomic mass is 32.2. The SMILES string of the molecule is O=C(NCCN1CCSCC1)N1CCN2C(=O)OC(c3ccccc3)(c3ccccc3)C2C1. The van der Waals surface area contributed by atoms with Crippen molar-refractivity contribution in [3.63, 3.8) is 0 Å². The minimum Gasteiger partial charge on any atom is -0.431 e. The van der Waals surface area contributed by atoms with E-state index < -0.39 is 5.60 Å². The van der Waals surface area contributed by atoms with Crippen LogP contribution in [0.15, 0.2) is 60.7 Å². The summed E-state index contributed by atoms with van der Waals surface area (Å²) in [6, 6.07) is 19.4. The lowest BCUT2D eigenvalue weighted by molar-refractivity contribution is 0.0511. The number of urea groups is 1. The summed E-state index contributed by atoms with van der Waals surface area (Å²) >= 11 is 1.98.